The summed E-state index contributed by atoms with van der Waals surface area (Å²) in [6, 6.07) is 8.94. The predicted molar refractivity (Wildman–Crippen MR) is 101 cm³/mol. The molecule has 1 aromatic heterocycles. The van der Waals surface area contributed by atoms with E-state index in [1.807, 2.05) is 32.0 Å². The molecule has 5 nitrogen and oxygen atoms in total. The minimum Gasteiger partial charge on any atom is -0.379 e. The van der Waals surface area contributed by atoms with Gasteiger partial charge in [0.1, 0.15) is 5.69 Å². The van der Waals surface area contributed by atoms with E-state index >= 15 is 0 Å². The Hall–Kier alpha value is -3.08. The molecule has 0 spiro atoms. The first kappa shape index (κ1) is 22.6. The average Bonchev–Trinajstić information content (AvgIpc) is 3.15. The van der Waals surface area contributed by atoms with Crippen LogP contribution in [-0.2, 0) is 12.1 Å². The fourth-order valence-electron chi connectivity index (χ4n) is 2.88. The van der Waals surface area contributed by atoms with Gasteiger partial charge >= 0.3 is 12.4 Å². The largest absolute Gasteiger partial charge is 0.430 e. The number of rotatable bonds is 5. The van der Waals surface area contributed by atoms with Gasteiger partial charge < -0.3 is 10.4 Å². The summed E-state index contributed by atoms with van der Waals surface area (Å²) in [5, 5.41) is 20.3. The number of alkyl halides is 6. The normalized spacial score (nSPS) is 12.8. The molecule has 31 heavy (non-hydrogen) atoms. The van der Waals surface area contributed by atoms with Crippen LogP contribution in [-0.4, -0.2) is 32.5 Å². The average molecular weight is 444 g/mol. The Labute approximate surface area is 173 Å². The number of aromatic nitrogens is 3. The van der Waals surface area contributed by atoms with Crippen molar-refractivity contribution in [1.82, 2.24) is 15.0 Å². The fraction of sp³-hybridized carbons (Fsp3) is 0.300. The summed E-state index contributed by atoms with van der Waals surface area (Å²) in [6.07, 6.45) is -10.2. The SMILES string of the molecule is Cc1ccc(-n2cc(CNc3ccc(C(O)(C(F)(F)F)C(F)(F)F)cc3)nn2)cc1C. The highest BCUT2D eigenvalue weighted by Crippen LogP contribution is 2.50. The Morgan fingerprint density at radius 3 is 2.06 bits per heavy atom. The van der Waals surface area contributed by atoms with Crippen LogP contribution < -0.4 is 5.32 Å². The van der Waals surface area contributed by atoms with Crippen molar-refractivity contribution in [1.29, 1.82) is 0 Å². The molecule has 2 aromatic carbocycles. The van der Waals surface area contributed by atoms with Gasteiger partial charge in [-0.2, -0.15) is 26.3 Å². The standard InChI is InChI=1S/C20H18F6N4O/c1-12-3-8-17(9-13(12)2)30-11-16(28-29-30)10-27-15-6-4-14(5-7-15)18(31,19(21,22)23)20(24,25)26/h3-9,11,27,31H,10H2,1-2H3. The first-order valence-electron chi connectivity index (χ1n) is 9.02. The van der Waals surface area contributed by atoms with Gasteiger partial charge in [-0.3, -0.25) is 0 Å². The van der Waals surface area contributed by atoms with Crippen molar-refractivity contribution in [3.8, 4) is 5.69 Å². The molecule has 3 rings (SSSR count). The van der Waals surface area contributed by atoms with Gasteiger partial charge in [0.2, 0.25) is 0 Å². The zero-order chi connectivity index (χ0) is 23.0. The van der Waals surface area contributed by atoms with E-state index in [1.165, 1.54) is 0 Å². The predicted octanol–water partition coefficient (Wildman–Crippen LogP) is 4.81. The molecule has 0 saturated carbocycles. The Balaban J connectivity index is 1.73. The smallest absolute Gasteiger partial charge is 0.379 e. The van der Waals surface area contributed by atoms with Gasteiger partial charge in [-0.1, -0.05) is 23.4 Å². The quantitative estimate of drug-likeness (QED) is 0.555. The highest BCUT2D eigenvalue weighted by molar-refractivity contribution is 5.46. The van der Waals surface area contributed by atoms with E-state index in [2.05, 4.69) is 15.6 Å². The lowest BCUT2D eigenvalue weighted by Gasteiger charge is -2.32. The van der Waals surface area contributed by atoms with E-state index in [0.717, 1.165) is 28.9 Å². The molecule has 0 unspecified atom stereocenters. The van der Waals surface area contributed by atoms with Gasteiger partial charge in [0, 0.05) is 11.3 Å². The van der Waals surface area contributed by atoms with Gasteiger partial charge in [0.25, 0.3) is 5.60 Å². The summed E-state index contributed by atoms with van der Waals surface area (Å²) < 4.78 is 79.2. The van der Waals surface area contributed by atoms with E-state index in [1.54, 1.807) is 10.9 Å². The van der Waals surface area contributed by atoms with E-state index in [4.69, 9.17) is 0 Å². The molecule has 0 bridgehead atoms. The first-order valence-corrected chi connectivity index (χ1v) is 9.02. The number of anilines is 1. The maximum atomic E-state index is 12.9. The van der Waals surface area contributed by atoms with E-state index in [-0.39, 0.29) is 12.2 Å². The van der Waals surface area contributed by atoms with Crippen LogP contribution in [0.2, 0.25) is 0 Å². The number of nitrogens with zero attached hydrogens (tertiary/aromatic N) is 3. The molecule has 1 heterocycles. The number of hydrogen-bond donors (Lipinski definition) is 2. The molecule has 11 heteroatoms. The maximum Gasteiger partial charge on any atom is 0.430 e. The van der Waals surface area contributed by atoms with Crippen LogP contribution in [0.3, 0.4) is 0 Å². The van der Waals surface area contributed by atoms with E-state index in [0.29, 0.717) is 17.8 Å². The van der Waals surface area contributed by atoms with Gasteiger partial charge in [-0.05, 0) is 49.2 Å². The molecule has 0 aliphatic carbocycles. The lowest BCUT2D eigenvalue weighted by atomic mass is 9.92. The molecule has 0 radical (unpaired) electrons. The second-order valence-electron chi connectivity index (χ2n) is 7.06. The molecule has 166 valence electrons. The highest BCUT2D eigenvalue weighted by Gasteiger charge is 2.71. The van der Waals surface area contributed by atoms with Gasteiger partial charge in [0.05, 0.1) is 18.4 Å². The number of halogens is 6. The molecule has 0 aliphatic heterocycles. The van der Waals surface area contributed by atoms with Gasteiger partial charge in [-0.15, -0.1) is 5.10 Å². The second-order valence-corrected chi connectivity index (χ2v) is 7.06. The molecule has 0 fully saturated rings. The van der Waals surface area contributed by atoms with Crippen LogP contribution in [0, 0.1) is 13.8 Å². The van der Waals surface area contributed by atoms with Gasteiger partial charge in [0.15, 0.2) is 0 Å². The van der Waals surface area contributed by atoms with Crippen molar-refractivity contribution < 1.29 is 31.4 Å². The molecule has 2 N–H and O–H groups in total. The molecule has 3 aromatic rings. The lowest BCUT2D eigenvalue weighted by molar-refractivity contribution is -0.376. The summed E-state index contributed by atoms with van der Waals surface area (Å²) >= 11 is 0. The minimum absolute atomic E-state index is 0.132. The Kier molecular flexibility index (Phi) is 5.74. The van der Waals surface area contributed by atoms with E-state index < -0.39 is 23.5 Å². The van der Waals surface area contributed by atoms with Crippen molar-refractivity contribution in [2.75, 3.05) is 5.32 Å². The zero-order valence-corrected chi connectivity index (χ0v) is 16.4. The van der Waals surface area contributed by atoms with Crippen LogP contribution >= 0.6 is 0 Å². The maximum absolute atomic E-state index is 12.9. The van der Waals surface area contributed by atoms with Crippen LogP contribution in [0.25, 0.3) is 5.69 Å². The molecule has 0 aliphatic rings. The Morgan fingerprint density at radius 1 is 0.903 bits per heavy atom. The first-order chi connectivity index (χ1) is 14.3. The van der Waals surface area contributed by atoms with Gasteiger partial charge in [-0.25, -0.2) is 4.68 Å². The summed E-state index contributed by atoms with van der Waals surface area (Å²) in [5.74, 6) is 0. The lowest BCUT2D eigenvalue weighted by Crippen LogP contribution is -2.53. The van der Waals surface area contributed by atoms with Crippen LogP contribution in [0.4, 0.5) is 32.0 Å². The third-order valence-electron chi connectivity index (χ3n) is 4.89. The Morgan fingerprint density at radius 2 is 1.52 bits per heavy atom. The number of benzene rings is 2. The monoisotopic (exact) mass is 444 g/mol. The summed E-state index contributed by atoms with van der Waals surface area (Å²) in [5.41, 5.74) is -2.53. The van der Waals surface area contributed by atoms with Crippen LogP contribution in [0.1, 0.15) is 22.4 Å². The third-order valence-corrected chi connectivity index (χ3v) is 4.89. The summed E-state index contributed by atoms with van der Waals surface area (Å²) in [4.78, 5) is 0. The number of nitrogens with one attached hydrogen (secondary N) is 1. The second kappa shape index (κ2) is 7.88. The number of hydrogen-bond acceptors (Lipinski definition) is 4. The van der Waals surface area contributed by atoms with Crippen molar-refractivity contribution in [3.05, 3.63) is 71.0 Å². The minimum atomic E-state index is -5.92. The van der Waals surface area contributed by atoms with Crippen molar-refractivity contribution in [2.45, 2.75) is 38.3 Å². The molecule has 0 atom stereocenters. The number of aliphatic hydroxyl groups is 1. The molecule has 0 amide bonds. The van der Waals surface area contributed by atoms with Crippen LogP contribution in [0.15, 0.2) is 48.7 Å². The molecule has 0 saturated heterocycles. The zero-order valence-electron chi connectivity index (χ0n) is 16.4. The van der Waals surface area contributed by atoms with E-state index in [9.17, 15) is 31.4 Å². The van der Waals surface area contributed by atoms with Crippen molar-refractivity contribution in [3.63, 3.8) is 0 Å². The molecular weight excluding hydrogens is 426 g/mol. The summed E-state index contributed by atoms with van der Waals surface area (Å²) in [6.45, 7) is 4.07. The van der Waals surface area contributed by atoms with Crippen molar-refractivity contribution in [2.24, 2.45) is 0 Å². The summed E-state index contributed by atoms with van der Waals surface area (Å²) in [7, 11) is 0. The van der Waals surface area contributed by atoms with Crippen molar-refractivity contribution >= 4 is 5.69 Å². The fourth-order valence-corrected chi connectivity index (χ4v) is 2.88. The highest BCUT2D eigenvalue weighted by atomic mass is 19.4. The van der Waals surface area contributed by atoms with Crippen LogP contribution in [0.5, 0.6) is 0 Å². The molecular formula is C20H18F6N4O. The Bertz CT molecular complexity index is 1040. The topological polar surface area (TPSA) is 63.0 Å². The third kappa shape index (κ3) is 4.36. The number of aryl methyl sites for hydroxylation is 2.